The SMILES string of the molecule is C[C@]12CC(c3ccc(CN4CCOCC4)cc3)C3=C4CCC(=O)C=C4CC[C@H]3[C@@H]1CC[C@]2(O)C(F)(F)C(F)(F)F. The molecule has 2 saturated carbocycles. The summed E-state index contributed by atoms with van der Waals surface area (Å²) in [5.74, 6) is -6.27. The molecule has 40 heavy (non-hydrogen) atoms. The normalized spacial score (nSPS) is 35.2. The van der Waals surface area contributed by atoms with Crippen LogP contribution in [0.2, 0.25) is 0 Å². The number of morpholine rings is 1. The maximum absolute atomic E-state index is 15.1. The topological polar surface area (TPSA) is 49.8 Å². The lowest BCUT2D eigenvalue weighted by atomic mass is 9.50. The van der Waals surface area contributed by atoms with Gasteiger partial charge in [-0.3, -0.25) is 9.69 Å². The van der Waals surface area contributed by atoms with Gasteiger partial charge in [-0.1, -0.05) is 36.8 Å². The Morgan fingerprint density at radius 1 is 1.02 bits per heavy atom. The number of ketones is 1. The molecule has 4 aliphatic carbocycles. The van der Waals surface area contributed by atoms with Gasteiger partial charge in [0.2, 0.25) is 0 Å². The van der Waals surface area contributed by atoms with E-state index >= 15 is 8.78 Å². The fraction of sp³-hybridized carbons (Fsp3) is 0.645. The Hall–Kier alpha value is -2.10. The summed E-state index contributed by atoms with van der Waals surface area (Å²) in [6.45, 7) is 5.24. The molecule has 1 unspecified atom stereocenters. The van der Waals surface area contributed by atoms with Crippen molar-refractivity contribution in [3.63, 3.8) is 0 Å². The second-order valence-electron chi connectivity index (χ2n) is 12.6. The third-order valence-corrected chi connectivity index (χ3v) is 10.7. The van der Waals surface area contributed by atoms with Gasteiger partial charge in [-0.2, -0.15) is 22.0 Å². The third-order valence-electron chi connectivity index (χ3n) is 10.7. The van der Waals surface area contributed by atoms with Crippen LogP contribution in [-0.4, -0.2) is 59.8 Å². The zero-order chi connectivity index (χ0) is 28.5. The molecule has 0 amide bonds. The second-order valence-corrected chi connectivity index (χ2v) is 12.6. The summed E-state index contributed by atoms with van der Waals surface area (Å²) in [5, 5.41) is 11.4. The van der Waals surface area contributed by atoms with Crippen LogP contribution in [0.5, 0.6) is 0 Å². The number of hydrogen-bond donors (Lipinski definition) is 1. The van der Waals surface area contributed by atoms with Gasteiger partial charge in [0.25, 0.3) is 0 Å². The third kappa shape index (κ3) is 4.21. The van der Waals surface area contributed by atoms with Crippen LogP contribution in [0.25, 0.3) is 0 Å². The van der Waals surface area contributed by atoms with E-state index in [2.05, 4.69) is 4.90 Å². The standard InChI is InChI=1S/C31H36F5NO3/c1-28-17-25(20-4-2-19(3-5-20)18-37-12-14-40-15-13-37)27-23-9-7-22(38)16-21(23)6-8-24(27)26(28)10-11-29(28,39)30(32,33)31(34,35)36/h2-5,16,24-26,39H,6-15,17-18H2,1H3/t24-,25?,26-,28-,29+/m0/s1. The minimum atomic E-state index is -5.85. The van der Waals surface area contributed by atoms with Crippen molar-refractivity contribution in [2.75, 3.05) is 26.3 Å². The number of alkyl halides is 5. The number of rotatable bonds is 4. The first-order chi connectivity index (χ1) is 18.9. The molecule has 6 rings (SSSR count). The van der Waals surface area contributed by atoms with Crippen LogP contribution < -0.4 is 0 Å². The maximum Gasteiger partial charge on any atom is 0.456 e. The maximum atomic E-state index is 15.1. The molecular formula is C31H36F5NO3. The van der Waals surface area contributed by atoms with Gasteiger partial charge in [0.05, 0.1) is 13.2 Å². The van der Waals surface area contributed by atoms with E-state index in [0.29, 0.717) is 38.9 Å². The average molecular weight is 566 g/mol. The predicted molar refractivity (Wildman–Crippen MR) is 139 cm³/mol. The number of hydrogen-bond acceptors (Lipinski definition) is 4. The number of ether oxygens (including phenoxy) is 1. The Morgan fingerprint density at radius 3 is 2.40 bits per heavy atom. The summed E-state index contributed by atoms with van der Waals surface area (Å²) < 4.78 is 76.9. The van der Waals surface area contributed by atoms with Gasteiger partial charge in [-0.05, 0) is 78.7 Å². The van der Waals surface area contributed by atoms with E-state index < -0.39 is 41.4 Å². The van der Waals surface area contributed by atoms with Gasteiger partial charge in [-0.15, -0.1) is 0 Å². The van der Waals surface area contributed by atoms with Crippen molar-refractivity contribution in [2.24, 2.45) is 17.3 Å². The summed E-state index contributed by atoms with van der Waals surface area (Å²) in [6, 6.07) is 7.95. The molecule has 4 nitrogen and oxygen atoms in total. The Balaban J connectivity index is 1.42. The monoisotopic (exact) mass is 565 g/mol. The van der Waals surface area contributed by atoms with Crippen LogP contribution in [-0.2, 0) is 16.1 Å². The number of fused-ring (bicyclic) bond motifs is 4. The van der Waals surface area contributed by atoms with E-state index in [4.69, 9.17) is 4.74 Å². The van der Waals surface area contributed by atoms with E-state index in [1.807, 2.05) is 24.3 Å². The highest BCUT2D eigenvalue weighted by Crippen LogP contribution is 2.70. The van der Waals surface area contributed by atoms with Gasteiger partial charge in [0.1, 0.15) is 5.60 Å². The highest BCUT2D eigenvalue weighted by Gasteiger charge is 2.79. The predicted octanol–water partition coefficient (Wildman–Crippen LogP) is 6.35. The molecule has 0 aromatic heterocycles. The van der Waals surface area contributed by atoms with Crippen molar-refractivity contribution in [3.05, 3.63) is 58.2 Å². The number of nitrogens with zero attached hydrogens (tertiary/aromatic N) is 1. The number of benzene rings is 1. The number of carbonyl (C=O) groups is 1. The average Bonchev–Trinajstić information content (AvgIpc) is 3.20. The fourth-order valence-corrected chi connectivity index (χ4v) is 8.59. The summed E-state index contributed by atoms with van der Waals surface area (Å²) >= 11 is 0. The van der Waals surface area contributed by atoms with Gasteiger partial charge < -0.3 is 9.84 Å². The van der Waals surface area contributed by atoms with Crippen LogP contribution in [0.4, 0.5) is 22.0 Å². The van der Waals surface area contributed by atoms with E-state index in [9.17, 15) is 23.1 Å². The first-order valence-electron chi connectivity index (χ1n) is 14.4. The van der Waals surface area contributed by atoms with E-state index in [1.54, 1.807) is 6.08 Å². The van der Waals surface area contributed by atoms with Crippen LogP contribution in [0, 0.1) is 17.3 Å². The van der Waals surface area contributed by atoms with Gasteiger partial charge in [-0.25, -0.2) is 0 Å². The summed E-state index contributed by atoms with van der Waals surface area (Å²) in [7, 11) is 0. The van der Waals surface area contributed by atoms with Crippen LogP contribution >= 0.6 is 0 Å². The zero-order valence-electron chi connectivity index (χ0n) is 22.7. The molecule has 9 heteroatoms. The molecule has 3 fully saturated rings. The molecular weight excluding hydrogens is 529 g/mol. The Labute approximate surface area is 231 Å². The molecule has 1 saturated heterocycles. The minimum absolute atomic E-state index is 0.000787. The Morgan fingerprint density at radius 2 is 1.73 bits per heavy atom. The molecule has 1 aromatic carbocycles. The highest BCUT2D eigenvalue weighted by atomic mass is 19.4. The van der Waals surface area contributed by atoms with Crippen molar-refractivity contribution < 1.29 is 36.6 Å². The summed E-state index contributed by atoms with van der Waals surface area (Å²) in [6.07, 6.45) is -2.51. The molecule has 1 aliphatic heterocycles. The van der Waals surface area contributed by atoms with Gasteiger partial charge in [0.15, 0.2) is 5.78 Å². The molecule has 218 valence electrons. The summed E-state index contributed by atoms with van der Waals surface area (Å²) in [4.78, 5) is 14.5. The number of carbonyl (C=O) groups excluding carboxylic acids is 1. The molecule has 0 radical (unpaired) electrons. The lowest BCUT2D eigenvalue weighted by molar-refractivity contribution is -0.362. The lowest BCUT2D eigenvalue weighted by Gasteiger charge is -2.56. The van der Waals surface area contributed by atoms with Crippen LogP contribution in [0.3, 0.4) is 0 Å². The van der Waals surface area contributed by atoms with Crippen LogP contribution in [0.1, 0.15) is 68.9 Å². The molecule has 5 aliphatic rings. The van der Waals surface area contributed by atoms with Crippen molar-refractivity contribution in [2.45, 2.75) is 82.0 Å². The lowest BCUT2D eigenvalue weighted by Crippen LogP contribution is -2.65. The van der Waals surface area contributed by atoms with Crippen LogP contribution in [0.15, 0.2) is 47.1 Å². The van der Waals surface area contributed by atoms with E-state index in [1.165, 1.54) is 6.92 Å². The Bertz CT molecular complexity index is 1230. The number of halogens is 5. The molecule has 0 spiro atoms. The van der Waals surface area contributed by atoms with E-state index in [-0.39, 0.29) is 24.5 Å². The smallest absolute Gasteiger partial charge is 0.383 e. The van der Waals surface area contributed by atoms with Crippen molar-refractivity contribution in [3.8, 4) is 0 Å². The first kappa shape index (κ1) is 28.0. The largest absolute Gasteiger partial charge is 0.456 e. The molecule has 5 atom stereocenters. The Kier molecular flexibility index (Phi) is 6.82. The fourth-order valence-electron chi connectivity index (χ4n) is 8.59. The van der Waals surface area contributed by atoms with Gasteiger partial charge >= 0.3 is 12.1 Å². The summed E-state index contributed by atoms with van der Waals surface area (Å²) in [5.41, 5.74) is 0.282. The molecule has 0 bridgehead atoms. The minimum Gasteiger partial charge on any atom is -0.383 e. The highest BCUT2D eigenvalue weighted by molar-refractivity contribution is 5.93. The molecule has 1 heterocycles. The van der Waals surface area contributed by atoms with E-state index in [0.717, 1.165) is 47.5 Å². The first-order valence-corrected chi connectivity index (χ1v) is 14.4. The quantitative estimate of drug-likeness (QED) is 0.433. The van der Waals surface area contributed by atoms with Crippen molar-refractivity contribution >= 4 is 5.78 Å². The number of aliphatic hydroxyl groups is 1. The molecule has 1 N–H and O–H groups in total. The molecule has 1 aromatic rings. The van der Waals surface area contributed by atoms with Crippen molar-refractivity contribution in [1.29, 1.82) is 0 Å². The number of allylic oxidation sites excluding steroid dienone is 4. The van der Waals surface area contributed by atoms with Gasteiger partial charge in [0, 0.05) is 37.4 Å². The van der Waals surface area contributed by atoms with Crippen molar-refractivity contribution in [1.82, 2.24) is 4.90 Å². The zero-order valence-corrected chi connectivity index (χ0v) is 22.7. The second kappa shape index (κ2) is 9.73.